The number of hydrogen-bond acceptors (Lipinski definition) is 5. The van der Waals surface area contributed by atoms with Gasteiger partial charge in [-0.15, -0.1) is 0 Å². The van der Waals surface area contributed by atoms with Crippen LogP contribution in [0.3, 0.4) is 0 Å². The van der Waals surface area contributed by atoms with Gasteiger partial charge in [0.25, 0.3) is 0 Å². The van der Waals surface area contributed by atoms with Crippen molar-refractivity contribution in [3.8, 4) is 6.07 Å². The molecule has 0 atom stereocenters. The van der Waals surface area contributed by atoms with Gasteiger partial charge in [-0.2, -0.15) is 5.26 Å². The van der Waals surface area contributed by atoms with Gasteiger partial charge >= 0.3 is 0 Å². The summed E-state index contributed by atoms with van der Waals surface area (Å²) in [5.41, 5.74) is 0. The third-order valence-electron chi connectivity index (χ3n) is 2.35. The van der Waals surface area contributed by atoms with Crippen molar-refractivity contribution in [2.24, 2.45) is 0 Å². The number of methoxy groups -OCH3 is 2. The maximum atomic E-state index is 8.56. The van der Waals surface area contributed by atoms with Crippen molar-refractivity contribution in [3.63, 3.8) is 0 Å². The van der Waals surface area contributed by atoms with Gasteiger partial charge in [0.05, 0.1) is 25.9 Å². The highest BCUT2D eigenvalue weighted by Crippen LogP contribution is 1.95. The molecule has 0 fully saturated rings. The lowest BCUT2D eigenvalue weighted by atomic mass is 10.3. The van der Waals surface area contributed by atoms with Gasteiger partial charge in [0.15, 0.2) is 0 Å². The second kappa shape index (κ2) is 13.4. The number of hydrogen-bond donors (Lipinski definition) is 0. The van der Waals surface area contributed by atoms with Gasteiger partial charge < -0.3 is 14.2 Å². The molecule has 0 radical (unpaired) electrons. The molecule has 0 unspecified atom stereocenters. The molecule has 0 heterocycles. The van der Waals surface area contributed by atoms with Crippen molar-refractivity contribution in [1.82, 2.24) is 4.90 Å². The van der Waals surface area contributed by atoms with Gasteiger partial charge in [-0.1, -0.05) is 0 Å². The van der Waals surface area contributed by atoms with Gasteiger partial charge in [0, 0.05) is 46.9 Å². The van der Waals surface area contributed by atoms with Crippen LogP contribution in [0.15, 0.2) is 0 Å². The summed E-state index contributed by atoms with van der Waals surface area (Å²) in [6.45, 7) is 5.34. The molecule has 0 aromatic heterocycles. The minimum absolute atomic E-state index is 0.564. The minimum Gasteiger partial charge on any atom is -0.383 e. The Kier molecular flexibility index (Phi) is 12.9. The van der Waals surface area contributed by atoms with Crippen LogP contribution < -0.4 is 0 Å². The predicted octanol–water partition coefficient (Wildman–Crippen LogP) is 0.902. The molecule has 0 N–H and O–H groups in total. The minimum atomic E-state index is 0.564. The van der Waals surface area contributed by atoms with Crippen LogP contribution in [-0.4, -0.2) is 65.2 Å². The zero-order chi connectivity index (χ0) is 12.8. The Morgan fingerprint density at radius 2 is 1.71 bits per heavy atom. The van der Waals surface area contributed by atoms with Crippen LogP contribution in [0.2, 0.25) is 0 Å². The van der Waals surface area contributed by atoms with E-state index >= 15 is 0 Å². The molecule has 0 saturated heterocycles. The standard InChI is InChI=1S/C12H24N2O3/c1-15-10-8-14(6-3-5-13)7-4-9-17-12-11-16-2/h3-4,6-12H2,1-2H3. The Hall–Kier alpha value is -0.670. The molecule has 100 valence electrons. The van der Waals surface area contributed by atoms with E-state index in [-0.39, 0.29) is 0 Å². The van der Waals surface area contributed by atoms with Crippen molar-refractivity contribution < 1.29 is 14.2 Å². The second-order valence-corrected chi connectivity index (χ2v) is 3.70. The van der Waals surface area contributed by atoms with E-state index in [0.29, 0.717) is 26.2 Å². The van der Waals surface area contributed by atoms with Crippen LogP contribution >= 0.6 is 0 Å². The predicted molar refractivity (Wildman–Crippen MR) is 65.9 cm³/mol. The van der Waals surface area contributed by atoms with Crippen molar-refractivity contribution in [1.29, 1.82) is 5.26 Å². The van der Waals surface area contributed by atoms with Gasteiger partial charge in [0.2, 0.25) is 0 Å². The lowest BCUT2D eigenvalue weighted by molar-refractivity contribution is 0.0635. The average Bonchev–Trinajstić information content (AvgIpc) is 2.35. The Bertz CT molecular complexity index is 195. The molecular weight excluding hydrogens is 220 g/mol. The van der Waals surface area contributed by atoms with E-state index in [1.54, 1.807) is 14.2 Å². The highest BCUT2D eigenvalue weighted by molar-refractivity contribution is 4.72. The number of ether oxygens (including phenoxy) is 3. The highest BCUT2D eigenvalue weighted by atomic mass is 16.5. The molecule has 0 spiro atoms. The first-order valence-electron chi connectivity index (χ1n) is 6.00. The van der Waals surface area contributed by atoms with E-state index in [9.17, 15) is 0 Å². The number of rotatable bonds is 12. The fourth-order valence-corrected chi connectivity index (χ4v) is 1.40. The zero-order valence-corrected chi connectivity index (χ0v) is 11.0. The lowest BCUT2D eigenvalue weighted by Gasteiger charge is -2.20. The molecule has 0 aliphatic rings. The normalized spacial score (nSPS) is 10.7. The molecule has 0 amide bonds. The molecule has 0 aliphatic carbocycles. The van der Waals surface area contributed by atoms with Crippen molar-refractivity contribution >= 4 is 0 Å². The van der Waals surface area contributed by atoms with Crippen LogP contribution in [0.5, 0.6) is 0 Å². The Labute approximate surface area is 104 Å². The van der Waals surface area contributed by atoms with Crippen LogP contribution in [0.4, 0.5) is 0 Å². The van der Waals surface area contributed by atoms with Crippen LogP contribution in [0, 0.1) is 11.3 Å². The van der Waals surface area contributed by atoms with Crippen LogP contribution in [-0.2, 0) is 14.2 Å². The summed E-state index contributed by atoms with van der Waals surface area (Å²) in [4.78, 5) is 2.23. The molecule has 5 nitrogen and oxygen atoms in total. The zero-order valence-electron chi connectivity index (χ0n) is 11.0. The van der Waals surface area contributed by atoms with E-state index < -0.39 is 0 Å². The summed E-state index contributed by atoms with van der Waals surface area (Å²) in [5.74, 6) is 0. The van der Waals surface area contributed by atoms with Crippen molar-refractivity contribution in [3.05, 3.63) is 0 Å². The third kappa shape index (κ3) is 11.6. The number of nitriles is 1. The average molecular weight is 244 g/mol. The molecule has 0 rings (SSSR count). The summed E-state index contributed by atoms with van der Waals surface area (Å²) >= 11 is 0. The van der Waals surface area contributed by atoms with Crippen LogP contribution in [0.25, 0.3) is 0 Å². The molecule has 0 aromatic carbocycles. The Balaban J connectivity index is 3.50. The molecule has 0 aromatic rings. The topological polar surface area (TPSA) is 54.7 Å². The molecule has 0 saturated carbocycles. The molecule has 0 bridgehead atoms. The van der Waals surface area contributed by atoms with E-state index in [2.05, 4.69) is 11.0 Å². The monoisotopic (exact) mass is 244 g/mol. The van der Waals surface area contributed by atoms with Crippen molar-refractivity contribution in [2.75, 3.05) is 60.3 Å². The SMILES string of the molecule is COCCOCCCN(CCC#N)CCOC. The second-order valence-electron chi connectivity index (χ2n) is 3.70. The smallest absolute Gasteiger partial charge is 0.0700 e. The molecule has 17 heavy (non-hydrogen) atoms. The molecule has 5 heteroatoms. The van der Waals surface area contributed by atoms with E-state index in [1.165, 1.54) is 0 Å². The Morgan fingerprint density at radius 1 is 0.941 bits per heavy atom. The fraction of sp³-hybridized carbons (Fsp3) is 0.917. The molecular formula is C12H24N2O3. The van der Waals surface area contributed by atoms with E-state index in [1.807, 2.05) is 0 Å². The highest BCUT2D eigenvalue weighted by Gasteiger charge is 2.03. The molecule has 0 aliphatic heterocycles. The number of nitrogens with zero attached hydrogens (tertiary/aromatic N) is 2. The first-order chi connectivity index (χ1) is 8.35. The third-order valence-corrected chi connectivity index (χ3v) is 2.35. The Morgan fingerprint density at radius 3 is 2.35 bits per heavy atom. The fourth-order valence-electron chi connectivity index (χ4n) is 1.40. The van der Waals surface area contributed by atoms with Crippen molar-refractivity contribution in [2.45, 2.75) is 12.8 Å². The maximum Gasteiger partial charge on any atom is 0.0700 e. The lowest BCUT2D eigenvalue weighted by Crippen LogP contribution is -2.30. The van der Waals surface area contributed by atoms with E-state index in [0.717, 1.165) is 32.7 Å². The van der Waals surface area contributed by atoms with Gasteiger partial charge in [-0.3, -0.25) is 4.90 Å². The quantitative estimate of drug-likeness (QED) is 0.477. The van der Waals surface area contributed by atoms with Crippen LogP contribution in [0.1, 0.15) is 12.8 Å². The summed E-state index contributed by atoms with van der Waals surface area (Å²) in [6.07, 6.45) is 1.53. The summed E-state index contributed by atoms with van der Waals surface area (Å²) < 4.78 is 15.3. The maximum absolute atomic E-state index is 8.56. The first-order valence-corrected chi connectivity index (χ1v) is 6.00. The van der Waals surface area contributed by atoms with Gasteiger partial charge in [-0.25, -0.2) is 0 Å². The summed E-state index contributed by atoms with van der Waals surface area (Å²) in [7, 11) is 3.36. The van der Waals surface area contributed by atoms with E-state index in [4.69, 9.17) is 19.5 Å². The summed E-state index contributed by atoms with van der Waals surface area (Å²) in [5, 5.41) is 8.56. The summed E-state index contributed by atoms with van der Waals surface area (Å²) in [6, 6.07) is 2.16. The largest absolute Gasteiger partial charge is 0.383 e. The van der Waals surface area contributed by atoms with Gasteiger partial charge in [0.1, 0.15) is 0 Å². The first kappa shape index (κ1) is 16.3. The van der Waals surface area contributed by atoms with Gasteiger partial charge in [-0.05, 0) is 6.42 Å².